The van der Waals surface area contributed by atoms with Crippen LogP contribution in [0.3, 0.4) is 0 Å². The molecule has 12 heterocycles. The van der Waals surface area contributed by atoms with Crippen LogP contribution in [0.25, 0.3) is 48.6 Å². The number of halogens is 4. The van der Waals surface area contributed by atoms with Gasteiger partial charge in [0.2, 0.25) is 10.5 Å². The zero-order valence-corrected chi connectivity index (χ0v) is 78.4. The van der Waals surface area contributed by atoms with Gasteiger partial charge in [0.25, 0.3) is 0 Å². The molecule has 35 heteroatoms. The molecule has 18 rings (SSSR count). The molecule has 0 aromatic carbocycles. The molecule has 696 valence electrons. The van der Waals surface area contributed by atoms with Crippen LogP contribution in [0, 0.1) is 13.8 Å². The van der Waals surface area contributed by atoms with Crippen molar-refractivity contribution in [3.8, 4) is 34.5 Å². The molecule has 0 spiro atoms. The van der Waals surface area contributed by atoms with Gasteiger partial charge in [-0.1, -0.05) is 4.53 Å². The number of carbonyl (C=O) groups is 5. The second-order valence-electron chi connectivity index (χ2n) is 32.4. The number of esters is 1. The number of fused-ring (bicyclic) bond motifs is 12. The Morgan fingerprint density at radius 2 is 0.623 bits per heavy atom. The van der Waals surface area contributed by atoms with Gasteiger partial charge in [-0.15, -0.1) is 0 Å². The summed E-state index contributed by atoms with van der Waals surface area (Å²) in [6.45, 7) is 3.54. The first-order valence-electron chi connectivity index (χ1n) is 43.2. The number of allylic oxidation sites excluding steroid dienone is 2. The first kappa shape index (κ1) is 104. The number of carboxylic acid groups (broad SMARTS) is 1. The van der Waals surface area contributed by atoms with Crippen molar-refractivity contribution in [3.63, 3.8) is 0 Å². The molecule has 6 aromatic heterocycles. The molecule has 6 aromatic rings. The number of hydrogen-bond donors (Lipinski definition) is 4. The van der Waals surface area contributed by atoms with E-state index >= 15 is 0 Å². The van der Waals surface area contributed by atoms with Crippen LogP contribution < -0.4 is 114 Å². The summed E-state index contributed by atoms with van der Waals surface area (Å²) in [6, 6.07) is 10.1. The van der Waals surface area contributed by atoms with Crippen LogP contribution in [-0.2, 0) is 41.5 Å². The minimum Gasteiger partial charge on any atom is -0.870 e. The average molecular weight is 1900 g/mol. The first-order chi connectivity index (χ1) is 61.6. The van der Waals surface area contributed by atoms with Gasteiger partial charge in [0.1, 0.15) is 152 Å². The first-order valence-corrected chi connectivity index (χ1v) is 44.3. The maximum absolute atomic E-state index is 12.5. The van der Waals surface area contributed by atoms with Gasteiger partial charge >= 0.3 is 103 Å². The Kier molecular flexibility index (Phi) is 40.5. The molecule has 6 aliphatic heterocycles. The number of hydrogen-bond acceptors (Lipinski definition) is 29. The Morgan fingerprint density at radius 1 is 0.377 bits per heavy atom. The fraction of sp³-hybridized carbons (Fsp3) is 0.463. The molecule has 0 amide bonds. The van der Waals surface area contributed by atoms with Gasteiger partial charge in [-0.05, 0) is 287 Å². The van der Waals surface area contributed by atoms with Crippen molar-refractivity contribution in [2.24, 2.45) is 0 Å². The molecular formula is C95H107Cl3FKO30. The van der Waals surface area contributed by atoms with Crippen LogP contribution in [0.15, 0.2) is 137 Å². The summed E-state index contributed by atoms with van der Waals surface area (Å²) in [7, 11) is 2.52. The van der Waals surface area contributed by atoms with Gasteiger partial charge in [0.05, 0.1) is 25.7 Å². The second kappa shape index (κ2) is 50.7. The van der Waals surface area contributed by atoms with E-state index in [0.717, 1.165) is 151 Å². The summed E-state index contributed by atoms with van der Waals surface area (Å²) in [4.78, 5) is 124. The molecule has 5 N–H and O–H groups in total. The smallest absolute Gasteiger partial charge is 0.870 e. The second-order valence-corrected chi connectivity index (χ2v) is 33.6. The van der Waals surface area contributed by atoms with Crippen LogP contribution >= 0.6 is 34.8 Å². The number of aryl methyl sites for hydroxylation is 2. The van der Waals surface area contributed by atoms with Gasteiger partial charge in [0, 0.05) is 87.3 Å². The van der Waals surface area contributed by atoms with E-state index in [0.29, 0.717) is 131 Å². The largest absolute Gasteiger partial charge is 1.00 e. The summed E-state index contributed by atoms with van der Waals surface area (Å²) in [5.74, 6) is 4.09. The normalized spacial score (nSPS) is 19.6. The number of unbranched alkanes of at least 4 members (excludes halogenated alkanes) is 2. The fourth-order valence-electron chi connectivity index (χ4n) is 16.8. The molecule has 0 radical (unpaired) electrons. The topological polar surface area (TPSA) is 451 Å². The van der Waals surface area contributed by atoms with E-state index in [1.54, 1.807) is 44.2 Å². The van der Waals surface area contributed by atoms with Crippen molar-refractivity contribution in [2.45, 2.75) is 269 Å². The zero-order valence-electron chi connectivity index (χ0n) is 73.0. The Bertz CT molecular complexity index is 5490. The van der Waals surface area contributed by atoms with Crippen molar-refractivity contribution in [2.75, 3.05) is 14.2 Å². The van der Waals surface area contributed by atoms with Gasteiger partial charge in [0.15, 0.2) is 0 Å². The number of ether oxygens (including phenoxy) is 8. The van der Waals surface area contributed by atoms with E-state index in [4.69, 9.17) is 93.1 Å². The van der Waals surface area contributed by atoms with Gasteiger partial charge < -0.3 is 85.2 Å². The third kappa shape index (κ3) is 29.6. The molecule has 130 heavy (non-hydrogen) atoms. The predicted octanol–water partition coefficient (Wildman–Crippen LogP) is 16.5. The van der Waals surface area contributed by atoms with Crippen LogP contribution in [0.1, 0.15) is 275 Å². The SMILES string of the molecule is COC(=O)Cc1cc2c(c(=O)o1)C=C1CCCCC1O2.COC(=O)Cl.Cc1cc2c(c(=O)o1)C=C1CCCCC1O2.Cc1cc2c(c(=O)o1)C=C1CCCCC1O2.O=C(Cl)CCCCC(=O)Cl.O=C(O)Cc1cc2c(c(=O)o1)C=C1CCCCC1O2.O=c1oc(/C=C(\O)CCCC/C(O)=C/c2cc3c(c(=O)o2)C=C2CCCCC2O3)cc2c1C=C1CCCCC1O2.OF.[3HH].[K+].[OH-]. The number of rotatable bonds is 16. The molecule has 12 aliphatic rings. The molecule has 6 unspecified atom stereocenters. The fourth-order valence-corrected chi connectivity index (χ4v) is 17.0. The van der Waals surface area contributed by atoms with Crippen LogP contribution in [0.4, 0.5) is 9.32 Å². The minimum absolute atomic E-state index is 0. The number of aliphatic carboxylic acids is 1. The van der Waals surface area contributed by atoms with E-state index in [1.165, 1.54) is 69.3 Å². The van der Waals surface area contributed by atoms with E-state index in [2.05, 4.69) is 21.1 Å². The van der Waals surface area contributed by atoms with Crippen molar-refractivity contribution >= 4 is 111 Å². The summed E-state index contributed by atoms with van der Waals surface area (Å²) < 4.78 is 83.6. The third-order valence-corrected chi connectivity index (χ3v) is 23.5. The molecule has 30 nitrogen and oxygen atoms in total. The van der Waals surface area contributed by atoms with Crippen LogP contribution in [0.5, 0.6) is 34.5 Å². The third-order valence-electron chi connectivity index (χ3n) is 23.0. The number of aliphatic hydroxyl groups is 2. The Labute approximate surface area is 805 Å². The number of carbonyl (C=O) groups excluding carboxylic acids is 4. The van der Waals surface area contributed by atoms with Crippen LogP contribution in [0.2, 0.25) is 0 Å². The number of methoxy groups -OCH3 is 2. The molecule has 0 saturated heterocycles. The summed E-state index contributed by atoms with van der Waals surface area (Å²) in [6.07, 6.45) is 43.7. The monoisotopic (exact) mass is 1890 g/mol. The Hall–Kier alpha value is -9.87. The summed E-state index contributed by atoms with van der Waals surface area (Å²) in [5, 5.41) is 34.3. The zero-order chi connectivity index (χ0) is 91.7. The van der Waals surface area contributed by atoms with E-state index in [-0.39, 0.29) is 164 Å². The van der Waals surface area contributed by atoms with E-state index in [1.807, 2.05) is 36.5 Å². The average Bonchev–Trinajstić information content (AvgIpc) is 0.654. The maximum Gasteiger partial charge on any atom is 1.00 e. The van der Waals surface area contributed by atoms with E-state index < -0.39 is 39.9 Å². The van der Waals surface area contributed by atoms with Crippen LogP contribution in [-0.4, -0.2) is 105 Å². The van der Waals surface area contributed by atoms with Crippen molar-refractivity contribution in [1.82, 2.24) is 0 Å². The molecule has 6 saturated carbocycles. The summed E-state index contributed by atoms with van der Waals surface area (Å²) >= 11 is 14.7. The molecule has 0 bridgehead atoms. The molecule has 6 aliphatic carbocycles. The van der Waals surface area contributed by atoms with Gasteiger partial charge in [-0.25, -0.2) is 38.9 Å². The van der Waals surface area contributed by atoms with Gasteiger partial charge in [-0.3, -0.25) is 19.2 Å². The number of carboxylic acids is 1. The minimum atomic E-state index is -1.03. The van der Waals surface area contributed by atoms with Gasteiger partial charge in [-0.2, -0.15) is 0 Å². The predicted molar refractivity (Wildman–Crippen MR) is 477 cm³/mol. The van der Waals surface area contributed by atoms with Crippen molar-refractivity contribution in [3.05, 3.63) is 212 Å². The Morgan fingerprint density at radius 3 is 0.885 bits per heavy atom. The number of aliphatic hydroxyl groups excluding tert-OH is 2. The quantitative estimate of drug-likeness (QED) is 0.0230. The molecule has 6 atom stereocenters. The Balaban J connectivity index is 0.000000200. The molecule has 6 fully saturated rings. The summed E-state index contributed by atoms with van der Waals surface area (Å²) in [5.41, 5.74) is 6.69. The van der Waals surface area contributed by atoms with Crippen molar-refractivity contribution < 1.29 is 172 Å². The van der Waals surface area contributed by atoms with Crippen molar-refractivity contribution in [1.29, 1.82) is 0 Å². The standard InChI is InChI=1S/C32H34O8.C15H16O5.C14H14O5.2C13H14O3.C6H8Cl2O2.C2H3ClO2.FHO.K.H2O.H2/c33-21(15-23-17-29-25(31(35)37-23)13-19-7-1-5-11-27(19)39-29)9-3-4-10-22(34)16-24-18-30-26(32(36)38-24)14-20-8-2-6-12-28(20)40-30;1-18-14(16)8-10-7-13-11(15(17)19-10)6-9-4-2-3-5-12(9)20-13;15-13(16)7-9-6-12-10(14(17)18-9)5-8-3-1-2-4-11(8)19-12;2*1-8-6-12-10(13(14)15-8)7-9-4-2-3-5-11(9)16-12;7-5(9)3-1-2-4-6(8)10;1-5-2(3)4;1-2;;;/h13-18,27-28,33-34H,1-12H2;6-7,12H,2-5,8H2,1H3;5-6,11H,1-4,7H2,(H,15,16);2*6-7,11H,2-5H2,1H3;1-4H2;1H3;2H;;1H2;1H/q;;;;;;;;+1;;/p-1/b21-15-,22-16-;;;;;;;;;;/i;;;;;;;;;;1+2. The van der Waals surface area contributed by atoms with E-state index in [9.17, 15) is 63.0 Å². The maximum atomic E-state index is 12.5. The molecular weight excluding hydrogens is 1790 g/mol.